The molecule has 2 aliphatic rings. The van der Waals surface area contributed by atoms with Crippen LogP contribution in [-0.4, -0.2) is 37.7 Å². The molecule has 1 aliphatic carbocycles. The van der Waals surface area contributed by atoms with E-state index in [4.69, 9.17) is 0 Å². The first kappa shape index (κ1) is 14.4. The minimum atomic E-state index is -0.528. The summed E-state index contributed by atoms with van der Waals surface area (Å²) in [6.45, 7) is 6.63. The van der Waals surface area contributed by atoms with E-state index in [1.54, 1.807) is 16.9 Å². The number of rotatable bonds is 2. The van der Waals surface area contributed by atoms with Crippen LogP contribution in [0.2, 0.25) is 0 Å². The van der Waals surface area contributed by atoms with Crippen molar-refractivity contribution in [1.82, 2.24) is 24.6 Å². The van der Waals surface area contributed by atoms with Gasteiger partial charge in [-0.1, -0.05) is 13.8 Å². The summed E-state index contributed by atoms with van der Waals surface area (Å²) in [6, 6.07) is 1.89. The zero-order valence-corrected chi connectivity index (χ0v) is 14.0. The molecular formula is C17H18N6O2. The Labute approximate surface area is 142 Å². The van der Waals surface area contributed by atoms with Crippen molar-refractivity contribution < 1.29 is 0 Å². The van der Waals surface area contributed by atoms with Gasteiger partial charge in [0.1, 0.15) is 5.69 Å². The Morgan fingerprint density at radius 3 is 2.72 bits per heavy atom. The molecule has 3 aromatic heterocycles. The zero-order chi connectivity index (χ0) is 17.3. The molecule has 0 aromatic carbocycles. The van der Waals surface area contributed by atoms with E-state index < -0.39 is 11.2 Å². The van der Waals surface area contributed by atoms with Crippen molar-refractivity contribution in [2.75, 3.05) is 18.0 Å². The molecule has 1 saturated heterocycles. The molecular weight excluding hydrogens is 320 g/mol. The van der Waals surface area contributed by atoms with Crippen LogP contribution in [0.5, 0.6) is 0 Å². The van der Waals surface area contributed by atoms with Gasteiger partial charge < -0.3 is 9.88 Å². The molecule has 2 unspecified atom stereocenters. The van der Waals surface area contributed by atoms with Gasteiger partial charge in [-0.05, 0) is 23.3 Å². The van der Waals surface area contributed by atoms with Crippen LogP contribution in [0.1, 0.15) is 13.8 Å². The predicted octanol–water partition coefficient (Wildman–Crippen LogP) is 0.865. The predicted molar refractivity (Wildman–Crippen MR) is 92.6 cm³/mol. The zero-order valence-electron chi connectivity index (χ0n) is 14.0. The van der Waals surface area contributed by atoms with Crippen molar-refractivity contribution in [3.05, 3.63) is 45.5 Å². The molecule has 2 fully saturated rings. The smallest absolute Gasteiger partial charge is 0.325 e. The second-order valence-corrected chi connectivity index (χ2v) is 7.54. The highest BCUT2D eigenvalue weighted by atomic mass is 16.2. The fourth-order valence-corrected chi connectivity index (χ4v) is 4.19. The summed E-state index contributed by atoms with van der Waals surface area (Å²) in [5.41, 5.74) is 2.05. The normalized spacial score (nSPS) is 23.8. The van der Waals surface area contributed by atoms with Crippen LogP contribution < -0.4 is 16.1 Å². The van der Waals surface area contributed by atoms with Gasteiger partial charge in [0, 0.05) is 31.7 Å². The van der Waals surface area contributed by atoms with E-state index in [0.29, 0.717) is 28.5 Å². The summed E-state index contributed by atoms with van der Waals surface area (Å²) in [7, 11) is 0. The van der Waals surface area contributed by atoms with E-state index in [0.717, 1.165) is 24.4 Å². The number of fused-ring (bicyclic) bond motifs is 2. The van der Waals surface area contributed by atoms with Gasteiger partial charge in [0.25, 0.3) is 5.56 Å². The van der Waals surface area contributed by atoms with Crippen molar-refractivity contribution in [2.24, 2.45) is 17.3 Å². The minimum absolute atomic E-state index is 0.334. The van der Waals surface area contributed by atoms with Gasteiger partial charge in [-0.3, -0.25) is 9.78 Å². The lowest BCUT2D eigenvalue weighted by molar-refractivity contribution is 0.500. The molecule has 25 heavy (non-hydrogen) atoms. The molecule has 0 spiro atoms. The lowest BCUT2D eigenvalue weighted by atomic mass is 10.1. The first-order chi connectivity index (χ1) is 11.9. The number of aromatic nitrogens is 5. The number of nitrogens with one attached hydrogen (secondary N) is 2. The first-order valence-electron chi connectivity index (χ1n) is 8.37. The van der Waals surface area contributed by atoms with Gasteiger partial charge in [0.05, 0.1) is 11.3 Å². The largest absolute Gasteiger partial charge is 0.368 e. The van der Waals surface area contributed by atoms with Crippen LogP contribution in [0.15, 0.2) is 34.2 Å². The van der Waals surface area contributed by atoms with Gasteiger partial charge >= 0.3 is 5.69 Å². The summed E-state index contributed by atoms with van der Waals surface area (Å²) >= 11 is 0. The third kappa shape index (κ3) is 2.00. The quantitative estimate of drug-likeness (QED) is 0.722. The standard InChI is InChI=1S/C17H18N6O2/c1-17(2)10-7-22(8-11(10)17)13-5-12(21-23-4-3-18-14(13)23)9-6-19-16(25)20-15(9)24/h3-6,10-11H,7-8H2,1-2H3,(H2,19,20,24,25). The number of H-pyrrole nitrogens is 2. The van der Waals surface area contributed by atoms with Crippen molar-refractivity contribution in [2.45, 2.75) is 13.8 Å². The lowest BCUT2D eigenvalue weighted by Crippen LogP contribution is -2.27. The summed E-state index contributed by atoms with van der Waals surface area (Å²) in [6.07, 6.45) is 4.87. The van der Waals surface area contributed by atoms with E-state index in [2.05, 4.69) is 38.8 Å². The lowest BCUT2D eigenvalue weighted by Gasteiger charge is -2.24. The Hall–Kier alpha value is -2.90. The van der Waals surface area contributed by atoms with E-state index in [1.165, 1.54) is 6.20 Å². The van der Waals surface area contributed by atoms with Gasteiger partial charge in [0.2, 0.25) is 0 Å². The monoisotopic (exact) mass is 338 g/mol. The molecule has 4 heterocycles. The molecule has 1 aliphatic heterocycles. The number of nitrogens with zero attached hydrogens (tertiary/aromatic N) is 4. The Balaban J connectivity index is 1.63. The third-order valence-electron chi connectivity index (χ3n) is 5.90. The Morgan fingerprint density at radius 2 is 2.00 bits per heavy atom. The second-order valence-electron chi connectivity index (χ2n) is 7.54. The minimum Gasteiger partial charge on any atom is -0.368 e. The van der Waals surface area contributed by atoms with E-state index in [1.807, 2.05) is 6.07 Å². The van der Waals surface area contributed by atoms with Crippen molar-refractivity contribution in [1.29, 1.82) is 0 Å². The van der Waals surface area contributed by atoms with Crippen LogP contribution >= 0.6 is 0 Å². The molecule has 1 saturated carbocycles. The molecule has 2 atom stereocenters. The average molecular weight is 338 g/mol. The Kier molecular flexibility index (Phi) is 2.65. The highest BCUT2D eigenvalue weighted by molar-refractivity contribution is 5.74. The van der Waals surface area contributed by atoms with Crippen molar-refractivity contribution in [3.8, 4) is 11.3 Å². The molecule has 0 bridgehead atoms. The van der Waals surface area contributed by atoms with E-state index in [-0.39, 0.29) is 0 Å². The molecule has 8 heteroatoms. The number of aromatic amines is 2. The molecule has 128 valence electrons. The summed E-state index contributed by atoms with van der Waals surface area (Å²) in [5, 5.41) is 4.47. The van der Waals surface area contributed by atoms with Gasteiger partial charge in [0.15, 0.2) is 5.65 Å². The summed E-state index contributed by atoms with van der Waals surface area (Å²) in [4.78, 5) is 34.9. The molecule has 5 rings (SSSR count). The number of hydrogen-bond donors (Lipinski definition) is 2. The number of anilines is 1. The van der Waals surface area contributed by atoms with E-state index >= 15 is 0 Å². The summed E-state index contributed by atoms with van der Waals surface area (Å²) < 4.78 is 1.68. The van der Waals surface area contributed by atoms with Crippen LogP contribution in [0.4, 0.5) is 5.69 Å². The van der Waals surface area contributed by atoms with Gasteiger partial charge in [-0.2, -0.15) is 5.10 Å². The molecule has 2 N–H and O–H groups in total. The molecule has 0 radical (unpaired) electrons. The highest BCUT2D eigenvalue weighted by Crippen LogP contribution is 2.62. The Morgan fingerprint density at radius 1 is 1.24 bits per heavy atom. The average Bonchev–Trinajstić information content (AvgIpc) is 3.03. The third-order valence-corrected chi connectivity index (χ3v) is 5.90. The van der Waals surface area contributed by atoms with Gasteiger partial charge in [-0.15, -0.1) is 0 Å². The van der Waals surface area contributed by atoms with Crippen LogP contribution in [0, 0.1) is 17.3 Å². The molecule has 8 nitrogen and oxygen atoms in total. The number of piperidine rings is 1. The number of hydrogen-bond acceptors (Lipinski definition) is 5. The fourth-order valence-electron chi connectivity index (χ4n) is 4.19. The van der Waals surface area contributed by atoms with Crippen molar-refractivity contribution in [3.63, 3.8) is 0 Å². The molecule has 0 amide bonds. The Bertz CT molecular complexity index is 1090. The first-order valence-corrected chi connectivity index (χ1v) is 8.37. The summed E-state index contributed by atoms with van der Waals surface area (Å²) in [5.74, 6) is 1.41. The maximum atomic E-state index is 12.1. The second kappa shape index (κ2) is 4.59. The van der Waals surface area contributed by atoms with E-state index in [9.17, 15) is 9.59 Å². The fraction of sp³-hybridized carbons (Fsp3) is 0.412. The van der Waals surface area contributed by atoms with Crippen LogP contribution in [-0.2, 0) is 0 Å². The van der Waals surface area contributed by atoms with Crippen molar-refractivity contribution >= 4 is 11.3 Å². The van der Waals surface area contributed by atoms with Crippen LogP contribution in [0.3, 0.4) is 0 Å². The van der Waals surface area contributed by atoms with Crippen LogP contribution in [0.25, 0.3) is 16.9 Å². The SMILES string of the molecule is CC1(C)C2CN(c3cc(-c4c[nH]c(=O)[nH]c4=O)nn4ccnc34)CC21. The number of imidazole rings is 1. The van der Waals surface area contributed by atoms with Gasteiger partial charge in [-0.25, -0.2) is 14.3 Å². The molecule has 3 aromatic rings. The maximum absolute atomic E-state index is 12.1. The highest BCUT2D eigenvalue weighted by Gasteiger charge is 2.62. The topological polar surface area (TPSA) is 99.2 Å². The maximum Gasteiger partial charge on any atom is 0.325 e.